The van der Waals surface area contributed by atoms with Gasteiger partial charge in [-0.05, 0) is 44.2 Å². The van der Waals surface area contributed by atoms with Crippen LogP contribution in [0.15, 0.2) is 60.7 Å². The molecule has 1 fully saturated rings. The lowest BCUT2D eigenvalue weighted by atomic mass is 10.0. The van der Waals surface area contributed by atoms with Crippen molar-refractivity contribution >= 4 is 22.5 Å². The normalized spacial score (nSPS) is 19.5. The van der Waals surface area contributed by atoms with Crippen molar-refractivity contribution in [2.24, 2.45) is 0 Å². The molecule has 1 saturated heterocycles. The predicted molar refractivity (Wildman–Crippen MR) is 110 cm³/mol. The zero-order valence-electron chi connectivity index (χ0n) is 16.4. The fourth-order valence-electron chi connectivity index (χ4n) is 3.45. The van der Waals surface area contributed by atoms with Gasteiger partial charge in [-0.15, -0.1) is 0 Å². The van der Waals surface area contributed by atoms with Crippen LogP contribution in [0.3, 0.4) is 0 Å². The maximum absolute atomic E-state index is 14.0. The summed E-state index contributed by atoms with van der Waals surface area (Å²) in [5, 5.41) is 0. The molecule has 1 heterocycles. The number of hydrogen-bond donors (Lipinski definition) is 2. The molecule has 0 spiro atoms. The molecule has 0 saturated carbocycles. The molecule has 1 unspecified atom stereocenters. The molecule has 1 aliphatic rings. The molecular formula is C20H25F2N3O3S. The predicted octanol–water partition coefficient (Wildman–Crippen LogP) is 3.05. The molecule has 0 aromatic heterocycles. The van der Waals surface area contributed by atoms with E-state index in [9.17, 15) is 22.0 Å². The van der Waals surface area contributed by atoms with Crippen LogP contribution in [0, 0.1) is 0 Å². The number of amides is 1. The number of carbonyl (C=O) groups is 1. The van der Waals surface area contributed by atoms with Gasteiger partial charge in [-0.2, -0.15) is 0 Å². The molecule has 158 valence electrons. The molecule has 1 amide bonds. The number of nitrogens with one attached hydrogen (secondary N) is 1. The van der Waals surface area contributed by atoms with Crippen molar-refractivity contribution in [3.8, 4) is 0 Å². The molecule has 9 heteroatoms. The minimum absolute atomic E-state index is 0.133. The quantitative estimate of drug-likeness (QED) is 0.520. The Kier molecular flexibility index (Phi) is 7.69. The van der Waals surface area contributed by atoms with Crippen molar-refractivity contribution in [3.05, 3.63) is 66.3 Å². The van der Waals surface area contributed by atoms with Gasteiger partial charge in [-0.1, -0.05) is 13.2 Å². The van der Waals surface area contributed by atoms with E-state index >= 15 is 0 Å². The fourth-order valence-corrected chi connectivity index (χ4v) is 3.81. The van der Waals surface area contributed by atoms with Crippen molar-refractivity contribution in [3.63, 3.8) is 0 Å². The highest BCUT2D eigenvalue weighted by Crippen LogP contribution is 2.26. The zero-order chi connectivity index (χ0) is 21.7. The van der Waals surface area contributed by atoms with E-state index in [1.807, 2.05) is 11.8 Å². The summed E-state index contributed by atoms with van der Waals surface area (Å²) in [6.07, 6.45) is 0.960. The summed E-state index contributed by atoms with van der Waals surface area (Å²) in [6, 6.07) is 5.40. The Morgan fingerprint density at radius 1 is 1.28 bits per heavy atom. The standard InChI is InChI=1S/C20H25F2N3O3S/c1-5-18(22)19(14(3)21)15(4)24-10-11-25(13(2)12-24)20(26)16-6-8-17(9-7-16)23-29(27)28/h5-9,13,15,29H,1,3,10-12H2,2,4H3,(H,23,27,28)/b19-18-/t13-,15?/m1/s1. The first-order valence-electron chi connectivity index (χ1n) is 9.08. The number of halogens is 2. The van der Waals surface area contributed by atoms with E-state index in [4.69, 9.17) is 0 Å². The summed E-state index contributed by atoms with van der Waals surface area (Å²) in [6.45, 7) is 11.4. The SMILES string of the molecule is C=C/C(F)=C(\C(=C)F)C(C)N1CCN(C(=O)c2ccc(N[SH](=O)=O)cc2)[C@H](C)C1. The van der Waals surface area contributed by atoms with Crippen LogP contribution in [-0.4, -0.2) is 55.8 Å². The molecule has 2 atom stereocenters. The third-order valence-corrected chi connectivity index (χ3v) is 5.41. The molecule has 29 heavy (non-hydrogen) atoms. The smallest absolute Gasteiger partial charge is 0.254 e. The van der Waals surface area contributed by atoms with Crippen LogP contribution in [0.5, 0.6) is 0 Å². The van der Waals surface area contributed by atoms with Crippen LogP contribution in [0.25, 0.3) is 0 Å². The van der Waals surface area contributed by atoms with E-state index in [-0.39, 0.29) is 17.5 Å². The van der Waals surface area contributed by atoms with Crippen molar-refractivity contribution in [1.82, 2.24) is 9.80 Å². The minimum atomic E-state index is -2.77. The Morgan fingerprint density at radius 2 is 1.90 bits per heavy atom. The van der Waals surface area contributed by atoms with Gasteiger partial charge >= 0.3 is 0 Å². The van der Waals surface area contributed by atoms with Crippen molar-refractivity contribution in [2.75, 3.05) is 24.4 Å². The monoisotopic (exact) mass is 425 g/mol. The van der Waals surface area contributed by atoms with Crippen LogP contribution >= 0.6 is 0 Å². The Balaban J connectivity index is 2.10. The van der Waals surface area contributed by atoms with Gasteiger partial charge in [-0.25, -0.2) is 17.2 Å². The average molecular weight is 426 g/mol. The number of carbonyl (C=O) groups excluding carboxylic acids is 1. The fraction of sp³-hybridized carbons (Fsp3) is 0.350. The maximum atomic E-state index is 14.0. The van der Waals surface area contributed by atoms with Gasteiger partial charge in [-0.3, -0.25) is 14.4 Å². The number of piperazine rings is 1. The number of nitrogens with zero attached hydrogens (tertiary/aromatic N) is 2. The minimum Gasteiger partial charge on any atom is -0.333 e. The van der Waals surface area contributed by atoms with Crippen LogP contribution in [0.4, 0.5) is 14.5 Å². The number of benzene rings is 1. The van der Waals surface area contributed by atoms with Gasteiger partial charge in [0.1, 0.15) is 11.7 Å². The Morgan fingerprint density at radius 3 is 2.38 bits per heavy atom. The summed E-state index contributed by atoms with van der Waals surface area (Å²) in [5.41, 5.74) is 0.673. The van der Waals surface area contributed by atoms with Crippen molar-refractivity contribution in [1.29, 1.82) is 0 Å². The zero-order valence-corrected chi connectivity index (χ0v) is 17.3. The Hall–Kier alpha value is -2.52. The molecule has 1 aromatic carbocycles. The maximum Gasteiger partial charge on any atom is 0.254 e. The molecule has 1 aromatic rings. The van der Waals surface area contributed by atoms with E-state index in [1.165, 1.54) is 12.1 Å². The summed E-state index contributed by atoms with van der Waals surface area (Å²) in [7, 11) is -2.77. The van der Waals surface area contributed by atoms with Crippen molar-refractivity contribution < 1.29 is 22.0 Å². The molecule has 1 N–H and O–H groups in total. The Labute approximate surface area is 171 Å². The van der Waals surface area contributed by atoms with E-state index in [2.05, 4.69) is 17.9 Å². The van der Waals surface area contributed by atoms with Crippen LogP contribution < -0.4 is 4.72 Å². The first kappa shape index (κ1) is 22.8. The van der Waals surface area contributed by atoms with E-state index in [0.29, 0.717) is 30.9 Å². The lowest BCUT2D eigenvalue weighted by Gasteiger charge is -2.42. The summed E-state index contributed by atoms with van der Waals surface area (Å²) in [5.74, 6) is -1.77. The average Bonchev–Trinajstić information content (AvgIpc) is 2.67. The highest BCUT2D eigenvalue weighted by molar-refractivity contribution is 7.73. The van der Waals surface area contributed by atoms with Gasteiger partial charge in [0.15, 0.2) is 0 Å². The molecule has 1 aliphatic heterocycles. The molecule has 6 nitrogen and oxygen atoms in total. The third-order valence-electron chi connectivity index (χ3n) is 4.97. The second-order valence-corrected chi connectivity index (χ2v) is 7.57. The van der Waals surface area contributed by atoms with E-state index < -0.39 is 28.6 Å². The van der Waals surface area contributed by atoms with Crippen molar-refractivity contribution in [2.45, 2.75) is 25.9 Å². The molecule has 2 rings (SSSR count). The number of allylic oxidation sites excluding steroid dienone is 2. The number of rotatable bonds is 7. The molecule has 0 aliphatic carbocycles. The largest absolute Gasteiger partial charge is 0.333 e. The lowest BCUT2D eigenvalue weighted by Crippen LogP contribution is -2.56. The number of thiol groups is 1. The Bertz CT molecular complexity index is 889. The highest BCUT2D eigenvalue weighted by Gasteiger charge is 2.32. The van der Waals surface area contributed by atoms with Gasteiger partial charge < -0.3 is 4.90 Å². The van der Waals surface area contributed by atoms with E-state index in [1.54, 1.807) is 24.0 Å². The molecule has 0 bridgehead atoms. The molecule has 0 radical (unpaired) electrons. The summed E-state index contributed by atoms with van der Waals surface area (Å²) >= 11 is 0. The molecular weight excluding hydrogens is 400 g/mol. The van der Waals surface area contributed by atoms with E-state index in [0.717, 1.165) is 6.08 Å². The first-order valence-corrected chi connectivity index (χ1v) is 10.3. The van der Waals surface area contributed by atoms with Crippen LogP contribution in [-0.2, 0) is 10.9 Å². The summed E-state index contributed by atoms with van der Waals surface area (Å²) < 4.78 is 51.4. The second-order valence-electron chi connectivity index (χ2n) is 6.84. The van der Waals surface area contributed by atoms with Gasteiger partial charge in [0, 0.05) is 48.5 Å². The van der Waals surface area contributed by atoms with Gasteiger partial charge in [0.25, 0.3) is 5.91 Å². The van der Waals surface area contributed by atoms with Gasteiger partial charge in [0.2, 0.25) is 10.9 Å². The lowest BCUT2D eigenvalue weighted by molar-refractivity contribution is 0.0439. The number of hydrogen-bond acceptors (Lipinski definition) is 4. The summed E-state index contributed by atoms with van der Waals surface area (Å²) in [4.78, 5) is 16.4. The first-order chi connectivity index (χ1) is 13.6. The van der Waals surface area contributed by atoms with Gasteiger partial charge in [0.05, 0.1) is 0 Å². The topological polar surface area (TPSA) is 69.7 Å². The third kappa shape index (κ3) is 5.51. The number of anilines is 1. The highest BCUT2D eigenvalue weighted by atomic mass is 32.2. The van der Waals surface area contributed by atoms with Crippen LogP contribution in [0.2, 0.25) is 0 Å². The van der Waals surface area contributed by atoms with Crippen LogP contribution in [0.1, 0.15) is 24.2 Å². The second kappa shape index (κ2) is 9.80.